The molecule has 1 N–H and O–H groups in total. The third kappa shape index (κ3) is 3.39. The van der Waals surface area contributed by atoms with Gasteiger partial charge in [0.25, 0.3) is 0 Å². The van der Waals surface area contributed by atoms with Crippen molar-refractivity contribution < 1.29 is 0 Å². The maximum absolute atomic E-state index is 4.64. The van der Waals surface area contributed by atoms with Crippen LogP contribution >= 0.6 is 0 Å². The number of hydrogen-bond donors (Lipinski definition) is 1. The van der Waals surface area contributed by atoms with Crippen LogP contribution in [-0.4, -0.2) is 53.6 Å². The summed E-state index contributed by atoms with van der Waals surface area (Å²) in [5.74, 6) is 1.80. The van der Waals surface area contributed by atoms with Crippen molar-refractivity contribution in [3.05, 3.63) is 11.8 Å². The van der Waals surface area contributed by atoms with Crippen molar-refractivity contribution in [3.63, 3.8) is 0 Å². The van der Waals surface area contributed by atoms with Gasteiger partial charge in [0.1, 0.15) is 5.82 Å². The van der Waals surface area contributed by atoms with Crippen molar-refractivity contribution in [2.75, 3.05) is 42.9 Å². The molecule has 0 aliphatic carbocycles. The molecular weight excluding hydrogens is 250 g/mol. The molecule has 20 heavy (non-hydrogen) atoms. The summed E-state index contributed by atoms with van der Waals surface area (Å²) in [4.78, 5) is 14.0. The molecule has 1 fully saturated rings. The molecule has 0 spiro atoms. The standard InChI is InChI=1S/C15H27N5/c1-5-16-15-17-12(4)10-14(18-15)20-9-8-13(11-20)19(6-2)7-3/h10,13H,5-9,11H2,1-4H3,(H,16,17,18). The van der Waals surface area contributed by atoms with E-state index in [1.165, 1.54) is 6.42 Å². The Morgan fingerprint density at radius 3 is 2.70 bits per heavy atom. The van der Waals surface area contributed by atoms with E-state index in [1.54, 1.807) is 0 Å². The van der Waals surface area contributed by atoms with E-state index in [9.17, 15) is 0 Å². The molecule has 1 aliphatic rings. The summed E-state index contributed by atoms with van der Waals surface area (Å²) in [5.41, 5.74) is 1.03. The third-order valence-corrected chi connectivity index (χ3v) is 3.99. The van der Waals surface area contributed by atoms with Crippen LogP contribution in [-0.2, 0) is 0 Å². The van der Waals surface area contributed by atoms with Gasteiger partial charge >= 0.3 is 0 Å². The lowest BCUT2D eigenvalue weighted by Gasteiger charge is -2.26. The fourth-order valence-corrected chi connectivity index (χ4v) is 2.94. The number of aryl methyl sites for hydroxylation is 1. The Bertz CT molecular complexity index is 430. The van der Waals surface area contributed by atoms with Crippen LogP contribution in [0.1, 0.15) is 32.9 Å². The highest BCUT2D eigenvalue weighted by Gasteiger charge is 2.27. The fraction of sp³-hybridized carbons (Fsp3) is 0.733. The Hall–Kier alpha value is -1.36. The molecule has 1 aromatic rings. The lowest BCUT2D eigenvalue weighted by atomic mass is 10.2. The molecule has 1 aromatic heterocycles. The molecule has 0 amide bonds. The number of likely N-dealkylation sites (N-methyl/N-ethyl adjacent to an activating group) is 1. The summed E-state index contributed by atoms with van der Waals surface area (Å²) < 4.78 is 0. The van der Waals surface area contributed by atoms with E-state index in [4.69, 9.17) is 0 Å². The minimum absolute atomic E-state index is 0.655. The SMILES string of the molecule is CCNc1nc(C)cc(N2CCC(N(CC)CC)C2)n1. The first-order valence-electron chi connectivity index (χ1n) is 7.76. The van der Waals surface area contributed by atoms with Gasteiger partial charge in [0, 0.05) is 37.4 Å². The molecule has 2 heterocycles. The molecule has 0 radical (unpaired) electrons. The van der Waals surface area contributed by atoms with E-state index in [1.807, 2.05) is 6.92 Å². The zero-order chi connectivity index (χ0) is 14.5. The molecule has 1 saturated heterocycles. The van der Waals surface area contributed by atoms with Gasteiger partial charge in [-0.1, -0.05) is 13.8 Å². The molecule has 112 valence electrons. The summed E-state index contributed by atoms with van der Waals surface area (Å²) in [6.07, 6.45) is 1.22. The maximum atomic E-state index is 4.64. The molecule has 0 bridgehead atoms. The monoisotopic (exact) mass is 277 g/mol. The van der Waals surface area contributed by atoms with Gasteiger partial charge in [0.2, 0.25) is 5.95 Å². The second-order valence-corrected chi connectivity index (χ2v) is 5.33. The predicted molar refractivity (Wildman–Crippen MR) is 84.5 cm³/mol. The number of rotatable bonds is 6. The van der Waals surface area contributed by atoms with Gasteiger partial charge in [-0.25, -0.2) is 4.98 Å². The maximum Gasteiger partial charge on any atom is 0.224 e. The normalized spacial score (nSPS) is 18.9. The van der Waals surface area contributed by atoms with Crippen LogP contribution in [0.5, 0.6) is 0 Å². The van der Waals surface area contributed by atoms with Gasteiger partial charge < -0.3 is 10.2 Å². The summed E-state index contributed by atoms with van der Waals surface area (Å²) in [7, 11) is 0. The van der Waals surface area contributed by atoms with E-state index >= 15 is 0 Å². The first kappa shape index (κ1) is 15.0. The zero-order valence-electron chi connectivity index (χ0n) is 13.2. The number of nitrogens with zero attached hydrogens (tertiary/aromatic N) is 4. The van der Waals surface area contributed by atoms with Gasteiger partial charge in [-0.3, -0.25) is 4.90 Å². The first-order chi connectivity index (χ1) is 9.67. The first-order valence-corrected chi connectivity index (χ1v) is 7.76. The quantitative estimate of drug-likeness (QED) is 0.863. The minimum Gasteiger partial charge on any atom is -0.355 e. The number of aromatic nitrogens is 2. The Morgan fingerprint density at radius 2 is 2.05 bits per heavy atom. The third-order valence-electron chi connectivity index (χ3n) is 3.99. The number of nitrogens with one attached hydrogen (secondary N) is 1. The molecule has 0 aromatic carbocycles. The largest absolute Gasteiger partial charge is 0.355 e. The van der Waals surface area contributed by atoms with Crippen LogP contribution in [0.4, 0.5) is 11.8 Å². The molecule has 0 saturated carbocycles. The number of hydrogen-bond acceptors (Lipinski definition) is 5. The average Bonchev–Trinajstić information content (AvgIpc) is 2.90. The van der Waals surface area contributed by atoms with Crippen LogP contribution < -0.4 is 10.2 Å². The van der Waals surface area contributed by atoms with Gasteiger partial charge in [-0.15, -0.1) is 0 Å². The topological polar surface area (TPSA) is 44.3 Å². The molecule has 1 unspecified atom stereocenters. The molecule has 1 atom stereocenters. The fourth-order valence-electron chi connectivity index (χ4n) is 2.94. The Balaban J connectivity index is 2.09. The second kappa shape index (κ2) is 6.88. The summed E-state index contributed by atoms with van der Waals surface area (Å²) in [6, 6.07) is 2.74. The highest BCUT2D eigenvalue weighted by molar-refractivity contribution is 5.45. The van der Waals surface area contributed by atoms with E-state index in [-0.39, 0.29) is 0 Å². The van der Waals surface area contributed by atoms with E-state index < -0.39 is 0 Å². The molecular formula is C15H27N5. The van der Waals surface area contributed by atoms with E-state index in [2.05, 4.69) is 51.9 Å². The van der Waals surface area contributed by atoms with Gasteiger partial charge in [-0.05, 0) is 33.4 Å². The summed E-state index contributed by atoms with van der Waals surface area (Å²) in [6.45, 7) is 13.8. The predicted octanol–water partition coefficient (Wildman–Crippen LogP) is 2.14. The van der Waals surface area contributed by atoms with E-state index in [0.29, 0.717) is 6.04 Å². The zero-order valence-corrected chi connectivity index (χ0v) is 13.2. The molecule has 1 aliphatic heterocycles. The van der Waals surface area contributed by atoms with Gasteiger partial charge in [0.15, 0.2) is 0 Å². The molecule has 2 rings (SSSR count). The lowest BCUT2D eigenvalue weighted by molar-refractivity contribution is 0.232. The van der Waals surface area contributed by atoms with E-state index in [0.717, 1.165) is 50.2 Å². The molecule has 5 nitrogen and oxygen atoms in total. The van der Waals surface area contributed by atoms with Crippen LogP contribution in [0.3, 0.4) is 0 Å². The lowest BCUT2D eigenvalue weighted by Crippen LogP contribution is -2.37. The second-order valence-electron chi connectivity index (χ2n) is 5.33. The highest BCUT2D eigenvalue weighted by Crippen LogP contribution is 2.22. The van der Waals surface area contributed by atoms with Crippen LogP contribution in [0.15, 0.2) is 6.07 Å². The van der Waals surface area contributed by atoms with Crippen LogP contribution in [0, 0.1) is 6.92 Å². The Labute approximate surface area is 122 Å². The number of anilines is 2. The Morgan fingerprint density at radius 1 is 1.30 bits per heavy atom. The average molecular weight is 277 g/mol. The van der Waals surface area contributed by atoms with Crippen LogP contribution in [0.2, 0.25) is 0 Å². The minimum atomic E-state index is 0.655. The van der Waals surface area contributed by atoms with Crippen molar-refractivity contribution in [2.45, 2.75) is 40.2 Å². The Kier molecular flexibility index (Phi) is 5.17. The van der Waals surface area contributed by atoms with Crippen molar-refractivity contribution in [2.24, 2.45) is 0 Å². The van der Waals surface area contributed by atoms with Crippen molar-refractivity contribution in [1.82, 2.24) is 14.9 Å². The molecule has 5 heteroatoms. The van der Waals surface area contributed by atoms with Crippen molar-refractivity contribution in [3.8, 4) is 0 Å². The van der Waals surface area contributed by atoms with Gasteiger partial charge in [0.05, 0.1) is 0 Å². The van der Waals surface area contributed by atoms with Crippen molar-refractivity contribution in [1.29, 1.82) is 0 Å². The summed E-state index contributed by atoms with van der Waals surface area (Å²) in [5, 5.41) is 3.21. The van der Waals surface area contributed by atoms with Crippen molar-refractivity contribution >= 4 is 11.8 Å². The smallest absolute Gasteiger partial charge is 0.224 e. The van der Waals surface area contributed by atoms with Crippen LogP contribution in [0.25, 0.3) is 0 Å². The van der Waals surface area contributed by atoms with Gasteiger partial charge in [-0.2, -0.15) is 4.98 Å². The summed E-state index contributed by atoms with van der Waals surface area (Å²) >= 11 is 0. The highest BCUT2D eigenvalue weighted by atomic mass is 15.3.